The quantitative estimate of drug-likeness (QED) is 0.294. The number of hydrogen-bond acceptors (Lipinski definition) is 2. The van der Waals surface area contributed by atoms with Crippen molar-refractivity contribution in [3.05, 3.63) is 111 Å². The Morgan fingerprint density at radius 3 is 2.47 bits per heavy atom. The third kappa shape index (κ3) is 3.98. The monoisotopic (exact) mass is 506 g/mol. The molecule has 0 amide bonds. The summed E-state index contributed by atoms with van der Waals surface area (Å²) in [4.78, 5) is 6.87. The van der Waals surface area contributed by atoms with Crippen LogP contribution in [-0.4, -0.2) is 14.7 Å². The van der Waals surface area contributed by atoms with Crippen LogP contribution in [0.5, 0.6) is 0 Å². The molecule has 2 aromatic carbocycles. The number of halogens is 2. The molecular weight excluding hydrogens is 483 g/mol. The summed E-state index contributed by atoms with van der Waals surface area (Å²) in [6, 6.07) is 22.0. The van der Waals surface area contributed by atoms with Crippen molar-refractivity contribution in [2.24, 2.45) is 0 Å². The van der Waals surface area contributed by atoms with Crippen molar-refractivity contribution in [1.82, 2.24) is 14.9 Å². The van der Waals surface area contributed by atoms with Crippen molar-refractivity contribution < 1.29 is 0 Å². The summed E-state index contributed by atoms with van der Waals surface area (Å²) in [5, 5.41) is 5.45. The van der Waals surface area contributed by atoms with Crippen molar-refractivity contribution in [2.75, 3.05) is 4.90 Å². The van der Waals surface area contributed by atoms with Crippen molar-refractivity contribution in [3.63, 3.8) is 0 Å². The summed E-state index contributed by atoms with van der Waals surface area (Å²) in [6.45, 7) is 6.31. The molecule has 4 nitrogen and oxygen atoms in total. The normalized spacial score (nSPS) is 17.8. The first-order chi connectivity index (χ1) is 16.3. The lowest BCUT2D eigenvalue weighted by Crippen LogP contribution is -2.29. The lowest BCUT2D eigenvalue weighted by molar-refractivity contribution is 0.565. The van der Waals surface area contributed by atoms with Gasteiger partial charge in [-0.1, -0.05) is 41.4 Å². The molecule has 0 spiro atoms. The Balaban J connectivity index is 1.70. The number of pyridine rings is 1. The summed E-state index contributed by atoms with van der Waals surface area (Å²) in [6.07, 6.45) is 1.82. The molecule has 3 heterocycles. The highest BCUT2D eigenvalue weighted by molar-refractivity contribution is 7.80. The van der Waals surface area contributed by atoms with E-state index in [1.54, 1.807) is 6.07 Å². The smallest absolute Gasteiger partial charge is 0.174 e. The first-order valence-corrected chi connectivity index (χ1v) is 12.2. The van der Waals surface area contributed by atoms with Gasteiger partial charge in [-0.3, -0.25) is 4.98 Å². The van der Waals surface area contributed by atoms with Crippen molar-refractivity contribution >= 4 is 46.2 Å². The van der Waals surface area contributed by atoms with Crippen LogP contribution >= 0.6 is 35.4 Å². The van der Waals surface area contributed by atoms with E-state index in [4.69, 9.17) is 35.4 Å². The van der Waals surface area contributed by atoms with Gasteiger partial charge in [0.2, 0.25) is 0 Å². The first-order valence-electron chi connectivity index (χ1n) is 11.1. The minimum atomic E-state index is -0.108. The zero-order valence-corrected chi connectivity index (χ0v) is 21.4. The maximum Gasteiger partial charge on any atom is 0.174 e. The Hall–Kier alpha value is -2.86. The van der Waals surface area contributed by atoms with Crippen LogP contribution < -0.4 is 10.2 Å². The lowest BCUT2D eigenvalue weighted by Gasteiger charge is -2.28. The predicted octanol–water partition coefficient (Wildman–Crippen LogP) is 7.28. The maximum atomic E-state index is 6.61. The van der Waals surface area contributed by atoms with Crippen LogP contribution in [0.4, 0.5) is 5.69 Å². The van der Waals surface area contributed by atoms with Crippen LogP contribution in [0, 0.1) is 20.8 Å². The Morgan fingerprint density at radius 1 is 0.941 bits per heavy atom. The van der Waals surface area contributed by atoms with Gasteiger partial charge in [0.1, 0.15) is 0 Å². The van der Waals surface area contributed by atoms with Crippen molar-refractivity contribution in [3.8, 4) is 5.69 Å². The van der Waals surface area contributed by atoms with E-state index in [9.17, 15) is 0 Å². The van der Waals surface area contributed by atoms with E-state index in [2.05, 4.69) is 70.9 Å². The third-order valence-corrected chi connectivity index (χ3v) is 7.17. The Labute approximate surface area is 215 Å². The molecule has 34 heavy (non-hydrogen) atoms. The zero-order chi connectivity index (χ0) is 24.0. The number of anilines is 1. The van der Waals surface area contributed by atoms with E-state index in [1.807, 2.05) is 36.5 Å². The average Bonchev–Trinajstić information content (AvgIpc) is 3.30. The van der Waals surface area contributed by atoms with Crippen LogP contribution in [0.15, 0.2) is 72.9 Å². The number of thiocarbonyl (C=S) groups is 1. The summed E-state index contributed by atoms with van der Waals surface area (Å²) >= 11 is 18.6. The Morgan fingerprint density at radius 2 is 1.76 bits per heavy atom. The fraction of sp³-hybridized carbons (Fsp3) is 0.185. The SMILES string of the molecule is Cc1cccc(N2C(=S)NC(c3ccccn3)C2c2cc(C)n(-c3ccc(Cl)cc3Cl)c2C)c1. The number of aryl methyl sites for hydroxylation is 2. The summed E-state index contributed by atoms with van der Waals surface area (Å²) in [7, 11) is 0. The van der Waals surface area contributed by atoms with E-state index in [0.717, 1.165) is 34.0 Å². The van der Waals surface area contributed by atoms with Crippen LogP contribution in [-0.2, 0) is 0 Å². The summed E-state index contributed by atoms with van der Waals surface area (Å²) in [5.74, 6) is 0. The highest BCUT2D eigenvalue weighted by Crippen LogP contribution is 2.44. The molecule has 1 saturated heterocycles. The molecule has 2 aromatic heterocycles. The molecule has 5 rings (SSSR count). The van der Waals surface area contributed by atoms with Crippen molar-refractivity contribution in [2.45, 2.75) is 32.9 Å². The molecule has 0 radical (unpaired) electrons. The number of aromatic nitrogens is 2. The molecule has 172 valence electrons. The van der Waals surface area contributed by atoms with Gasteiger partial charge >= 0.3 is 0 Å². The van der Waals surface area contributed by atoms with E-state index in [0.29, 0.717) is 15.2 Å². The topological polar surface area (TPSA) is 33.1 Å². The molecule has 4 aromatic rings. The van der Waals surface area contributed by atoms with Gasteiger partial charge in [0.25, 0.3) is 0 Å². The summed E-state index contributed by atoms with van der Waals surface area (Å²) < 4.78 is 2.18. The second-order valence-corrected chi connectivity index (χ2v) is 9.82. The van der Waals surface area contributed by atoms with Gasteiger partial charge in [-0.05, 0) is 92.6 Å². The second kappa shape index (κ2) is 9.06. The van der Waals surface area contributed by atoms with Crippen LogP contribution in [0.3, 0.4) is 0 Å². The van der Waals surface area contributed by atoms with Crippen LogP contribution in [0.2, 0.25) is 10.0 Å². The number of nitrogens with zero attached hydrogens (tertiary/aromatic N) is 3. The molecule has 1 aliphatic rings. The van der Waals surface area contributed by atoms with Gasteiger partial charge < -0.3 is 14.8 Å². The second-order valence-electron chi connectivity index (χ2n) is 8.59. The molecular formula is C27H24Cl2N4S. The van der Waals surface area contributed by atoms with Gasteiger partial charge in [-0.25, -0.2) is 0 Å². The molecule has 7 heteroatoms. The zero-order valence-electron chi connectivity index (χ0n) is 19.1. The number of rotatable bonds is 4. The molecule has 2 atom stereocenters. The number of nitrogens with one attached hydrogen (secondary N) is 1. The molecule has 1 aliphatic heterocycles. The third-order valence-electron chi connectivity index (χ3n) is 6.32. The molecule has 1 N–H and O–H groups in total. The van der Waals surface area contributed by atoms with Crippen LogP contribution in [0.1, 0.15) is 40.3 Å². The number of benzene rings is 2. The van der Waals surface area contributed by atoms with E-state index in [1.165, 1.54) is 5.56 Å². The standard InChI is InChI=1S/C27H24Cl2N4S/c1-16-7-6-8-20(13-16)33-26(25(31-27(33)34)23-9-4-5-12-30-23)21-14-17(2)32(18(21)3)24-11-10-19(28)15-22(24)29/h4-15,25-26H,1-3H3,(H,31,34). The van der Waals surface area contributed by atoms with Gasteiger partial charge in [-0.2, -0.15) is 0 Å². The highest BCUT2D eigenvalue weighted by Gasteiger charge is 2.42. The van der Waals surface area contributed by atoms with E-state index in [-0.39, 0.29) is 12.1 Å². The maximum absolute atomic E-state index is 6.61. The summed E-state index contributed by atoms with van der Waals surface area (Å²) in [5.41, 5.74) is 7.41. The molecule has 0 saturated carbocycles. The molecule has 2 unspecified atom stereocenters. The minimum absolute atomic E-state index is 0.0878. The van der Waals surface area contributed by atoms with Gasteiger partial charge in [0, 0.05) is 28.3 Å². The van der Waals surface area contributed by atoms with Crippen LogP contribution in [0.25, 0.3) is 5.69 Å². The Bertz CT molecular complexity index is 1380. The highest BCUT2D eigenvalue weighted by atomic mass is 35.5. The minimum Gasteiger partial charge on any atom is -0.351 e. The lowest BCUT2D eigenvalue weighted by atomic mass is 9.96. The molecule has 0 aliphatic carbocycles. The predicted molar refractivity (Wildman–Crippen MR) is 144 cm³/mol. The first kappa shape index (κ1) is 22.9. The van der Waals surface area contributed by atoms with Gasteiger partial charge in [0.05, 0.1) is 28.5 Å². The average molecular weight is 507 g/mol. The largest absolute Gasteiger partial charge is 0.351 e. The fourth-order valence-electron chi connectivity index (χ4n) is 4.85. The number of hydrogen-bond donors (Lipinski definition) is 1. The van der Waals surface area contributed by atoms with E-state index >= 15 is 0 Å². The van der Waals surface area contributed by atoms with E-state index < -0.39 is 0 Å². The molecule has 1 fully saturated rings. The molecule has 0 bridgehead atoms. The van der Waals surface area contributed by atoms with Gasteiger partial charge in [0.15, 0.2) is 5.11 Å². The fourth-order valence-corrected chi connectivity index (χ4v) is 5.69. The van der Waals surface area contributed by atoms with Crippen molar-refractivity contribution in [1.29, 1.82) is 0 Å². The Kier molecular flexibility index (Phi) is 6.11. The van der Waals surface area contributed by atoms with Gasteiger partial charge in [-0.15, -0.1) is 0 Å².